The van der Waals surface area contributed by atoms with Crippen molar-refractivity contribution in [1.29, 1.82) is 0 Å². The molecule has 2 atom stereocenters. The Balaban J connectivity index is 1.70. The SMILES string of the molecule is CCN1C(=O)N(OCc2ccccc2)C[C@H]2CN(CCO)C(=O)[C@H]21. The van der Waals surface area contributed by atoms with E-state index in [4.69, 9.17) is 9.94 Å². The molecule has 0 radical (unpaired) electrons. The van der Waals surface area contributed by atoms with Gasteiger partial charge < -0.3 is 14.9 Å². The molecule has 7 heteroatoms. The van der Waals surface area contributed by atoms with Gasteiger partial charge in [-0.2, -0.15) is 0 Å². The van der Waals surface area contributed by atoms with E-state index in [0.717, 1.165) is 5.56 Å². The third kappa shape index (κ3) is 3.09. The molecule has 0 aromatic heterocycles. The lowest BCUT2D eigenvalue weighted by atomic mass is 9.99. The molecule has 1 N–H and O–H groups in total. The van der Waals surface area contributed by atoms with Crippen molar-refractivity contribution in [2.24, 2.45) is 5.92 Å². The fraction of sp³-hybridized carbons (Fsp3) is 0.529. The largest absolute Gasteiger partial charge is 0.395 e. The number of hydrogen-bond donors (Lipinski definition) is 1. The molecule has 7 nitrogen and oxygen atoms in total. The van der Waals surface area contributed by atoms with Crippen LogP contribution in [0.15, 0.2) is 30.3 Å². The predicted molar refractivity (Wildman–Crippen MR) is 86.7 cm³/mol. The lowest BCUT2D eigenvalue weighted by Crippen LogP contribution is -2.59. The lowest BCUT2D eigenvalue weighted by Gasteiger charge is -2.40. The minimum Gasteiger partial charge on any atom is -0.395 e. The van der Waals surface area contributed by atoms with E-state index in [9.17, 15) is 9.59 Å². The van der Waals surface area contributed by atoms with E-state index < -0.39 is 6.04 Å². The van der Waals surface area contributed by atoms with E-state index in [0.29, 0.717) is 32.8 Å². The molecule has 1 aromatic rings. The summed E-state index contributed by atoms with van der Waals surface area (Å²) < 4.78 is 0. The fourth-order valence-electron chi connectivity index (χ4n) is 3.45. The van der Waals surface area contributed by atoms with E-state index in [1.165, 1.54) is 5.06 Å². The smallest absolute Gasteiger partial charge is 0.344 e. The Labute approximate surface area is 141 Å². The van der Waals surface area contributed by atoms with Crippen LogP contribution in [0.5, 0.6) is 0 Å². The summed E-state index contributed by atoms with van der Waals surface area (Å²) in [5, 5.41) is 10.5. The summed E-state index contributed by atoms with van der Waals surface area (Å²) in [6.07, 6.45) is 0. The standard InChI is InChI=1S/C17H23N3O4/c1-2-19-15-14(10-18(8-9-21)16(15)22)11-20(17(19)23)24-12-13-6-4-3-5-7-13/h3-7,14-15,21H,2,8-12H2,1H3/t14-,15+/m1/s1. The number of rotatable bonds is 6. The number of nitrogens with zero attached hydrogens (tertiary/aromatic N) is 3. The summed E-state index contributed by atoms with van der Waals surface area (Å²) in [5.74, 6) is -0.0792. The quantitative estimate of drug-likeness (QED) is 0.831. The van der Waals surface area contributed by atoms with Gasteiger partial charge in [-0.15, -0.1) is 0 Å². The number of likely N-dealkylation sites (tertiary alicyclic amines) is 1. The molecule has 3 rings (SSSR count). The molecular weight excluding hydrogens is 310 g/mol. The summed E-state index contributed by atoms with van der Waals surface area (Å²) in [5.41, 5.74) is 0.986. The zero-order valence-electron chi connectivity index (χ0n) is 13.8. The number of amides is 3. The molecule has 0 saturated carbocycles. The first-order valence-corrected chi connectivity index (χ1v) is 8.30. The first-order valence-electron chi connectivity index (χ1n) is 8.30. The molecule has 0 spiro atoms. The zero-order chi connectivity index (χ0) is 17.1. The highest BCUT2D eigenvalue weighted by Crippen LogP contribution is 2.30. The molecule has 2 saturated heterocycles. The van der Waals surface area contributed by atoms with Crippen LogP contribution in [-0.4, -0.2) is 70.7 Å². The molecule has 2 fully saturated rings. The highest BCUT2D eigenvalue weighted by molar-refractivity contribution is 5.90. The van der Waals surface area contributed by atoms with E-state index in [-0.39, 0.29) is 24.5 Å². The Kier molecular flexibility index (Phi) is 5.01. The number of hydroxylamine groups is 2. The van der Waals surface area contributed by atoms with Gasteiger partial charge in [0, 0.05) is 25.6 Å². The molecule has 0 unspecified atom stereocenters. The van der Waals surface area contributed by atoms with Gasteiger partial charge in [-0.05, 0) is 12.5 Å². The van der Waals surface area contributed by atoms with Crippen LogP contribution in [0.2, 0.25) is 0 Å². The van der Waals surface area contributed by atoms with Gasteiger partial charge in [0.1, 0.15) is 12.6 Å². The van der Waals surface area contributed by atoms with E-state index >= 15 is 0 Å². The van der Waals surface area contributed by atoms with Crippen molar-refractivity contribution in [3.05, 3.63) is 35.9 Å². The second-order valence-electron chi connectivity index (χ2n) is 6.10. The van der Waals surface area contributed by atoms with Crippen molar-refractivity contribution in [3.63, 3.8) is 0 Å². The molecular formula is C17H23N3O4. The van der Waals surface area contributed by atoms with Crippen LogP contribution in [0.3, 0.4) is 0 Å². The van der Waals surface area contributed by atoms with Crippen molar-refractivity contribution in [2.75, 3.05) is 32.8 Å². The van der Waals surface area contributed by atoms with E-state index in [1.54, 1.807) is 9.80 Å². The Morgan fingerprint density at radius 1 is 1.21 bits per heavy atom. The fourth-order valence-corrected chi connectivity index (χ4v) is 3.45. The van der Waals surface area contributed by atoms with Crippen LogP contribution in [0.4, 0.5) is 4.79 Å². The number of carbonyl (C=O) groups excluding carboxylic acids is 2. The molecule has 24 heavy (non-hydrogen) atoms. The van der Waals surface area contributed by atoms with Crippen molar-refractivity contribution in [2.45, 2.75) is 19.6 Å². The maximum atomic E-state index is 12.6. The zero-order valence-corrected chi connectivity index (χ0v) is 13.8. The predicted octanol–water partition coefficient (Wildman–Crippen LogP) is 0.695. The van der Waals surface area contributed by atoms with Crippen LogP contribution in [0.1, 0.15) is 12.5 Å². The maximum Gasteiger partial charge on any atom is 0.344 e. The van der Waals surface area contributed by atoms with Gasteiger partial charge >= 0.3 is 6.03 Å². The first-order chi connectivity index (χ1) is 11.7. The summed E-state index contributed by atoms with van der Waals surface area (Å²) in [6, 6.07) is 8.95. The molecule has 2 aliphatic rings. The van der Waals surface area contributed by atoms with Crippen molar-refractivity contribution < 1.29 is 19.5 Å². The summed E-state index contributed by atoms with van der Waals surface area (Å²) in [6.45, 7) is 3.79. The van der Waals surface area contributed by atoms with Crippen LogP contribution in [0.25, 0.3) is 0 Å². The van der Waals surface area contributed by atoms with Crippen LogP contribution >= 0.6 is 0 Å². The summed E-state index contributed by atoms with van der Waals surface area (Å²) in [4.78, 5) is 34.0. The van der Waals surface area contributed by atoms with Gasteiger partial charge in [0.15, 0.2) is 0 Å². The average molecular weight is 333 g/mol. The minimum absolute atomic E-state index is 0.00234. The molecule has 0 bridgehead atoms. The van der Waals surface area contributed by atoms with Gasteiger partial charge in [-0.1, -0.05) is 30.3 Å². The van der Waals surface area contributed by atoms with E-state index in [2.05, 4.69) is 0 Å². The Morgan fingerprint density at radius 3 is 2.62 bits per heavy atom. The number of aliphatic hydroxyl groups excluding tert-OH is 1. The number of fused-ring (bicyclic) bond motifs is 1. The Hall–Kier alpha value is -2.12. The Bertz CT molecular complexity index is 595. The topological polar surface area (TPSA) is 73.3 Å². The normalized spacial score (nSPS) is 23.8. The van der Waals surface area contributed by atoms with Gasteiger partial charge in [-0.3, -0.25) is 9.63 Å². The molecule has 1 aromatic carbocycles. The second-order valence-corrected chi connectivity index (χ2v) is 6.10. The third-order valence-corrected chi connectivity index (χ3v) is 4.60. The van der Waals surface area contributed by atoms with Crippen LogP contribution < -0.4 is 0 Å². The highest BCUT2D eigenvalue weighted by Gasteiger charge is 2.50. The number of likely N-dealkylation sites (N-methyl/N-ethyl adjacent to an activating group) is 1. The van der Waals surface area contributed by atoms with Crippen molar-refractivity contribution >= 4 is 11.9 Å². The average Bonchev–Trinajstić information content (AvgIpc) is 2.90. The maximum absolute atomic E-state index is 12.6. The number of aliphatic hydroxyl groups is 1. The van der Waals surface area contributed by atoms with Gasteiger partial charge in [0.2, 0.25) is 5.91 Å². The first kappa shape index (κ1) is 16.7. The number of carbonyl (C=O) groups is 2. The molecule has 2 heterocycles. The van der Waals surface area contributed by atoms with Crippen LogP contribution in [0, 0.1) is 5.92 Å². The van der Waals surface area contributed by atoms with Gasteiger partial charge in [0.25, 0.3) is 0 Å². The van der Waals surface area contributed by atoms with Gasteiger partial charge in [0.05, 0.1) is 13.2 Å². The second kappa shape index (κ2) is 7.19. The van der Waals surface area contributed by atoms with Crippen LogP contribution in [-0.2, 0) is 16.2 Å². The molecule has 2 aliphatic heterocycles. The van der Waals surface area contributed by atoms with E-state index in [1.807, 2.05) is 37.3 Å². The highest BCUT2D eigenvalue weighted by atomic mass is 16.7. The number of benzene rings is 1. The minimum atomic E-state index is -0.439. The molecule has 0 aliphatic carbocycles. The summed E-state index contributed by atoms with van der Waals surface area (Å²) >= 11 is 0. The van der Waals surface area contributed by atoms with Crippen molar-refractivity contribution in [3.8, 4) is 0 Å². The molecule has 3 amide bonds. The Morgan fingerprint density at radius 2 is 1.96 bits per heavy atom. The number of hydrogen-bond acceptors (Lipinski definition) is 4. The lowest BCUT2D eigenvalue weighted by molar-refractivity contribution is -0.162. The number of β-amino-alcohol motifs (C(OH)–C–C–N with tert-alkyl or cyclic N) is 1. The monoisotopic (exact) mass is 333 g/mol. The summed E-state index contributed by atoms with van der Waals surface area (Å²) in [7, 11) is 0. The number of urea groups is 1. The molecule has 130 valence electrons. The van der Waals surface area contributed by atoms with Gasteiger partial charge in [-0.25, -0.2) is 9.86 Å². The third-order valence-electron chi connectivity index (χ3n) is 4.60. The van der Waals surface area contributed by atoms with Crippen molar-refractivity contribution in [1.82, 2.24) is 14.9 Å².